The number of carbonyl (C=O) groups is 2. The molecule has 0 amide bonds. The maximum Gasteiger partial charge on any atom is 0.306 e. The number of rotatable bonds is 4. The van der Waals surface area contributed by atoms with Gasteiger partial charge in [0.25, 0.3) is 0 Å². The third-order valence-electron chi connectivity index (χ3n) is 4.43. The summed E-state index contributed by atoms with van der Waals surface area (Å²) in [4.78, 5) is 21.8. The third kappa shape index (κ3) is 4.13. The number of thioether (sulfide) groups is 1. The van der Waals surface area contributed by atoms with Crippen molar-refractivity contribution in [2.45, 2.75) is 61.9 Å². The summed E-state index contributed by atoms with van der Waals surface area (Å²) in [7, 11) is 0. The lowest BCUT2D eigenvalue weighted by atomic mass is 9.89. The minimum atomic E-state index is -0.648. The summed E-state index contributed by atoms with van der Waals surface area (Å²) >= 11 is 1.98. The van der Waals surface area contributed by atoms with Crippen molar-refractivity contribution in [2.24, 2.45) is 11.8 Å². The van der Waals surface area contributed by atoms with E-state index in [-0.39, 0.29) is 11.8 Å². The van der Waals surface area contributed by atoms with Gasteiger partial charge >= 0.3 is 11.9 Å². The Bertz CT molecular complexity index is 296. The second-order valence-corrected chi connectivity index (χ2v) is 7.37. The van der Waals surface area contributed by atoms with Gasteiger partial charge in [0.05, 0.1) is 11.8 Å². The molecule has 108 valence electrons. The molecule has 0 aliphatic heterocycles. The number of carboxylic acid groups (broad SMARTS) is 2. The summed E-state index contributed by atoms with van der Waals surface area (Å²) in [5.74, 6) is -1.57. The maximum absolute atomic E-state index is 10.9. The number of aliphatic carboxylic acids is 2. The standard InChI is InChI=1S/C14H22O4S/c15-13(16)9-1-5-11(6-2-9)19-12-7-3-10(4-8-12)14(17)18/h9-12H,1-8H2,(H,15,16)(H,17,18). The lowest BCUT2D eigenvalue weighted by Gasteiger charge is -2.32. The molecule has 5 heteroatoms. The molecule has 0 bridgehead atoms. The van der Waals surface area contributed by atoms with E-state index in [1.54, 1.807) is 0 Å². The average Bonchev–Trinajstić information content (AvgIpc) is 2.40. The zero-order chi connectivity index (χ0) is 13.8. The van der Waals surface area contributed by atoms with Crippen molar-refractivity contribution in [3.05, 3.63) is 0 Å². The number of hydrogen-bond donors (Lipinski definition) is 2. The zero-order valence-corrected chi connectivity index (χ0v) is 11.9. The predicted octanol–water partition coefficient (Wildman–Crippen LogP) is 3.01. The highest BCUT2D eigenvalue weighted by molar-refractivity contribution is 8.00. The molecule has 2 rings (SSSR count). The van der Waals surface area contributed by atoms with E-state index >= 15 is 0 Å². The topological polar surface area (TPSA) is 74.6 Å². The van der Waals surface area contributed by atoms with Crippen LogP contribution in [0, 0.1) is 11.8 Å². The summed E-state index contributed by atoms with van der Waals surface area (Å²) in [6, 6.07) is 0. The third-order valence-corrected chi connectivity index (χ3v) is 6.14. The first-order valence-electron chi connectivity index (χ1n) is 7.17. The second-order valence-electron chi connectivity index (χ2n) is 5.76. The van der Waals surface area contributed by atoms with Gasteiger partial charge in [-0.05, 0) is 51.4 Å². The van der Waals surface area contributed by atoms with E-state index in [1.807, 2.05) is 11.8 Å². The van der Waals surface area contributed by atoms with Crippen molar-refractivity contribution in [3.63, 3.8) is 0 Å². The van der Waals surface area contributed by atoms with Crippen LogP contribution in [0.15, 0.2) is 0 Å². The van der Waals surface area contributed by atoms with Gasteiger partial charge in [0.1, 0.15) is 0 Å². The monoisotopic (exact) mass is 286 g/mol. The Morgan fingerprint density at radius 3 is 1.26 bits per heavy atom. The van der Waals surface area contributed by atoms with Gasteiger partial charge in [0.15, 0.2) is 0 Å². The van der Waals surface area contributed by atoms with Gasteiger partial charge in [-0.15, -0.1) is 0 Å². The molecule has 0 aromatic heterocycles. The Balaban J connectivity index is 1.69. The highest BCUT2D eigenvalue weighted by Gasteiger charge is 2.31. The van der Waals surface area contributed by atoms with Gasteiger partial charge < -0.3 is 10.2 Å². The highest BCUT2D eigenvalue weighted by atomic mass is 32.2. The summed E-state index contributed by atoms with van der Waals surface area (Å²) < 4.78 is 0. The lowest BCUT2D eigenvalue weighted by molar-refractivity contribution is -0.143. The molecule has 19 heavy (non-hydrogen) atoms. The van der Waals surface area contributed by atoms with E-state index < -0.39 is 11.9 Å². The van der Waals surface area contributed by atoms with Gasteiger partial charge in [0.2, 0.25) is 0 Å². The van der Waals surface area contributed by atoms with E-state index in [2.05, 4.69) is 0 Å². The Labute approximate surface area is 118 Å². The molecule has 2 fully saturated rings. The van der Waals surface area contributed by atoms with Crippen molar-refractivity contribution in [1.29, 1.82) is 0 Å². The predicted molar refractivity (Wildman–Crippen MR) is 74.4 cm³/mol. The summed E-state index contributed by atoms with van der Waals surface area (Å²) in [5, 5.41) is 19.1. The van der Waals surface area contributed by atoms with Crippen LogP contribution in [0.1, 0.15) is 51.4 Å². The zero-order valence-electron chi connectivity index (χ0n) is 11.1. The van der Waals surface area contributed by atoms with Gasteiger partial charge in [-0.2, -0.15) is 11.8 Å². The SMILES string of the molecule is O=C(O)C1CCC(SC2CCC(C(=O)O)CC2)CC1. The fourth-order valence-corrected chi connectivity index (χ4v) is 4.80. The van der Waals surface area contributed by atoms with Crippen molar-refractivity contribution in [1.82, 2.24) is 0 Å². The van der Waals surface area contributed by atoms with Crippen molar-refractivity contribution in [2.75, 3.05) is 0 Å². The van der Waals surface area contributed by atoms with Crippen LogP contribution < -0.4 is 0 Å². The quantitative estimate of drug-likeness (QED) is 0.831. The van der Waals surface area contributed by atoms with Gasteiger partial charge in [0, 0.05) is 10.5 Å². The lowest BCUT2D eigenvalue weighted by Crippen LogP contribution is -2.27. The highest BCUT2D eigenvalue weighted by Crippen LogP contribution is 2.39. The van der Waals surface area contributed by atoms with Crippen molar-refractivity contribution < 1.29 is 19.8 Å². The van der Waals surface area contributed by atoms with E-state index in [4.69, 9.17) is 10.2 Å². The molecule has 0 aromatic rings. The minimum Gasteiger partial charge on any atom is -0.481 e. The Kier molecular flexibility index (Phi) is 5.13. The molecule has 0 radical (unpaired) electrons. The molecule has 2 N–H and O–H groups in total. The first-order valence-corrected chi connectivity index (χ1v) is 8.11. The first-order chi connectivity index (χ1) is 9.06. The van der Waals surface area contributed by atoms with Crippen LogP contribution in [0.2, 0.25) is 0 Å². The first kappa shape index (κ1) is 14.7. The van der Waals surface area contributed by atoms with E-state index in [9.17, 15) is 9.59 Å². The molecule has 0 unspecified atom stereocenters. The molecular weight excluding hydrogens is 264 g/mol. The van der Waals surface area contributed by atoms with Crippen LogP contribution in [0.5, 0.6) is 0 Å². The normalized spacial score (nSPS) is 35.8. The molecule has 4 nitrogen and oxygen atoms in total. The molecule has 0 spiro atoms. The number of carboxylic acids is 2. The van der Waals surface area contributed by atoms with E-state index in [1.165, 1.54) is 0 Å². The van der Waals surface area contributed by atoms with Crippen LogP contribution in [-0.2, 0) is 9.59 Å². The molecule has 0 saturated heterocycles. The second kappa shape index (κ2) is 6.64. The van der Waals surface area contributed by atoms with Gasteiger partial charge in [-0.25, -0.2) is 0 Å². The largest absolute Gasteiger partial charge is 0.481 e. The summed E-state index contributed by atoms with van der Waals surface area (Å²) in [5.41, 5.74) is 0. The molecule has 0 atom stereocenters. The fourth-order valence-electron chi connectivity index (χ4n) is 3.16. The van der Waals surface area contributed by atoms with Crippen LogP contribution in [0.25, 0.3) is 0 Å². The van der Waals surface area contributed by atoms with Crippen molar-refractivity contribution in [3.8, 4) is 0 Å². The minimum absolute atomic E-state index is 0.139. The van der Waals surface area contributed by atoms with E-state index in [0.717, 1.165) is 51.4 Å². The molecular formula is C14H22O4S. The molecule has 2 aliphatic rings. The van der Waals surface area contributed by atoms with Crippen LogP contribution in [0.4, 0.5) is 0 Å². The van der Waals surface area contributed by atoms with Crippen LogP contribution in [-0.4, -0.2) is 32.7 Å². The molecule has 0 heterocycles. The Morgan fingerprint density at radius 1 is 0.684 bits per heavy atom. The Morgan fingerprint density at radius 2 is 1.00 bits per heavy atom. The average molecular weight is 286 g/mol. The smallest absolute Gasteiger partial charge is 0.306 e. The van der Waals surface area contributed by atoms with Gasteiger partial charge in [-0.3, -0.25) is 9.59 Å². The van der Waals surface area contributed by atoms with Crippen LogP contribution in [0.3, 0.4) is 0 Å². The van der Waals surface area contributed by atoms with Crippen molar-refractivity contribution >= 4 is 23.7 Å². The molecule has 2 saturated carbocycles. The van der Waals surface area contributed by atoms with Crippen LogP contribution >= 0.6 is 11.8 Å². The maximum atomic E-state index is 10.9. The fraction of sp³-hybridized carbons (Fsp3) is 0.857. The molecule has 2 aliphatic carbocycles. The Hall–Kier alpha value is -0.710. The summed E-state index contributed by atoms with van der Waals surface area (Å²) in [6.45, 7) is 0. The number of hydrogen-bond acceptors (Lipinski definition) is 3. The van der Waals surface area contributed by atoms with E-state index in [0.29, 0.717) is 10.5 Å². The van der Waals surface area contributed by atoms with Gasteiger partial charge in [-0.1, -0.05) is 0 Å². The molecule has 0 aromatic carbocycles. The summed E-state index contributed by atoms with van der Waals surface area (Å²) in [6.07, 6.45) is 7.21.